The summed E-state index contributed by atoms with van der Waals surface area (Å²) in [4.78, 5) is 32.4. The molecule has 3 heterocycles. The van der Waals surface area contributed by atoms with Crippen molar-refractivity contribution in [2.24, 2.45) is 0 Å². The highest BCUT2D eigenvalue weighted by atomic mass is 35.5. The maximum atomic E-state index is 13.1. The zero-order valence-electron chi connectivity index (χ0n) is 19.9. The summed E-state index contributed by atoms with van der Waals surface area (Å²) in [6, 6.07) is 9.74. The second kappa shape index (κ2) is 9.51. The van der Waals surface area contributed by atoms with Crippen molar-refractivity contribution in [2.75, 3.05) is 4.90 Å². The molecule has 2 amide bonds. The summed E-state index contributed by atoms with van der Waals surface area (Å²) in [6.45, 7) is 3.48. The van der Waals surface area contributed by atoms with Gasteiger partial charge in [-0.3, -0.25) is 9.59 Å². The van der Waals surface area contributed by atoms with Gasteiger partial charge in [0.15, 0.2) is 5.60 Å². The van der Waals surface area contributed by atoms with E-state index in [9.17, 15) is 9.59 Å². The van der Waals surface area contributed by atoms with Crippen molar-refractivity contribution >= 4 is 40.8 Å². The van der Waals surface area contributed by atoms with Gasteiger partial charge in [-0.1, -0.05) is 23.2 Å². The van der Waals surface area contributed by atoms with Gasteiger partial charge < -0.3 is 20.3 Å². The normalized spacial score (nSPS) is 23.7. The number of pyridine rings is 1. The Hall–Kier alpha value is -2.51. The van der Waals surface area contributed by atoms with Gasteiger partial charge in [-0.2, -0.15) is 0 Å². The summed E-state index contributed by atoms with van der Waals surface area (Å²) in [5.74, 6) is 1.09. The van der Waals surface area contributed by atoms with E-state index in [1.165, 1.54) is 0 Å². The molecule has 2 aliphatic heterocycles. The van der Waals surface area contributed by atoms with E-state index in [1.807, 2.05) is 12.1 Å². The first kappa shape index (κ1) is 24.2. The molecule has 2 N–H and O–H groups in total. The van der Waals surface area contributed by atoms with Crippen LogP contribution in [0.5, 0.6) is 5.75 Å². The topological polar surface area (TPSA) is 83.6 Å². The van der Waals surface area contributed by atoms with Gasteiger partial charge in [0, 0.05) is 35.4 Å². The van der Waals surface area contributed by atoms with Gasteiger partial charge >= 0.3 is 0 Å². The summed E-state index contributed by atoms with van der Waals surface area (Å²) in [5, 5.41) is 7.08. The number of benzene rings is 1. The third kappa shape index (κ3) is 5.36. The minimum atomic E-state index is -1.09. The minimum Gasteiger partial charge on any atom is -0.476 e. The van der Waals surface area contributed by atoms with Crippen LogP contribution in [0.4, 0.5) is 5.82 Å². The fraction of sp³-hybridized carbons (Fsp3) is 0.500. The van der Waals surface area contributed by atoms with Gasteiger partial charge in [0.2, 0.25) is 0 Å². The lowest BCUT2D eigenvalue weighted by molar-refractivity contribution is -0.135. The number of piperidine rings is 1. The van der Waals surface area contributed by atoms with Gasteiger partial charge in [-0.25, -0.2) is 4.98 Å². The van der Waals surface area contributed by atoms with Crippen molar-refractivity contribution in [1.29, 1.82) is 0 Å². The number of aromatic nitrogens is 1. The summed E-state index contributed by atoms with van der Waals surface area (Å²) in [6.07, 6.45) is 7.58. The Bertz CT molecular complexity index is 1110. The lowest BCUT2D eigenvalue weighted by atomic mass is 9.96. The number of ether oxygens (including phenoxy) is 1. The number of carbonyl (C=O) groups excluding carboxylic acids is 2. The van der Waals surface area contributed by atoms with Crippen molar-refractivity contribution in [3.63, 3.8) is 0 Å². The third-order valence-electron chi connectivity index (χ3n) is 7.06. The predicted molar refractivity (Wildman–Crippen MR) is 136 cm³/mol. The summed E-state index contributed by atoms with van der Waals surface area (Å²) in [7, 11) is 0. The van der Waals surface area contributed by atoms with Crippen LogP contribution in [0.25, 0.3) is 0 Å². The standard InChI is InChI=1S/C26H30Cl2N4O3/c1-26(2,35-22-9-4-16(27)11-21(22)28)25(34)31-18-12-19-7-8-20(13-18)32(19)23-10-3-15(14-29-23)24(33)30-17-5-6-17/h3-4,9-11,14,17-20H,5-8,12-13H2,1-2H3,(H,30,33)(H,31,34)/t18-,19+,20-. The van der Waals surface area contributed by atoms with E-state index < -0.39 is 5.60 Å². The molecule has 9 heteroatoms. The second-order valence-electron chi connectivity index (χ2n) is 10.3. The molecule has 3 aliphatic rings. The van der Waals surface area contributed by atoms with Crippen molar-refractivity contribution in [2.45, 2.75) is 82.1 Å². The van der Waals surface area contributed by atoms with Crippen LogP contribution >= 0.6 is 23.2 Å². The highest BCUT2D eigenvalue weighted by molar-refractivity contribution is 6.35. The molecule has 2 aromatic rings. The predicted octanol–water partition coefficient (Wildman–Crippen LogP) is 4.75. The monoisotopic (exact) mass is 516 g/mol. The van der Waals surface area contributed by atoms with Gasteiger partial charge in [0.1, 0.15) is 11.6 Å². The van der Waals surface area contributed by atoms with Crippen molar-refractivity contribution in [3.8, 4) is 5.75 Å². The summed E-state index contributed by atoms with van der Waals surface area (Å²) in [5.41, 5.74) is -0.496. The summed E-state index contributed by atoms with van der Waals surface area (Å²) >= 11 is 12.2. The van der Waals surface area contributed by atoms with Crippen LogP contribution in [0.15, 0.2) is 36.5 Å². The number of rotatable bonds is 7. The van der Waals surface area contributed by atoms with E-state index in [4.69, 9.17) is 27.9 Å². The molecule has 7 nitrogen and oxygen atoms in total. The minimum absolute atomic E-state index is 0.0549. The van der Waals surface area contributed by atoms with E-state index >= 15 is 0 Å². The number of hydrogen-bond donors (Lipinski definition) is 2. The average molecular weight is 517 g/mol. The van der Waals surface area contributed by atoms with Crippen molar-refractivity contribution < 1.29 is 14.3 Å². The first-order valence-corrected chi connectivity index (χ1v) is 13.0. The molecule has 1 aliphatic carbocycles. The molecule has 0 unspecified atom stereocenters. The zero-order valence-corrected chi connectivity index (χ0v) is 21.4. The Morgan fingerprint density at radius 2 is 1.71 bits per heavy atom. The Balaban J connectivity index is 1.20. The quantitative estimate of drug-likeness (QED) is 0.554. The molecule has 1 saturated carbocycles. The van der Waals surface area contributed by atoms with Crippen LogP contribution in [-0.2, 0) is 4.79 Å². The number of amides is 2. The zero-order chi connectivity index (χ0) is 24.7. The fourth-order valence-electron chi connectivity index (χ4n) is 5.08. The first-order chi connectivity index (χ1) is 16.7. The van der Waals surface area contributed by atoms with Gasteiger partial charge in [0.05, 0.1) is 10.6 Å². The maximum absolute atomic E-state index is 13.1. The summed E-state index contributed by atoms with van der Waals surface area (Å²) < 4.78 is 5.95. The van der Waals surface area contributed by atoms with E-state index in [1.54, 1.807) is 38.2 Å². The first-order valence-electron chi connectivity index (χ1n) is 12.2. The second-order valence-corrected chi connectivity index (χ2v) is 11.1. The number of fused-ring (bicyclic) bond motifs is 2. The van der Waals surface area contributed by atoms with Crippen LogP contribution in [0.1, 0.15) is 62.7 Å². The molecule has 2 saturated heterocycles. The molecule has 0 spiro atoms. The molecule has 2 bridgehead atoms. The Labute approximate surface area is 215 Å². The van der Waals surface area contributed by atoms with E-state index in [0.717, 1.165) is 44.3 Å². The number of nitrogens with zero attached hydrogens (tertiary/aromatic N) is 2. The molecule has 1 aromatic heterocycles. The van der Waals surface area contributed by atoms with E-state index in [-0.39, 0.29) is 17.9 Å². The largest absolute Gasteiger partial charge is 0.476 e. The lowest BCUT2D eigenvalue weighted by Gasteiger charge is -2.40. The van der Waals surface area contributed by atoms with Crippen LogP contribution in [-0.4, -0.2) is 46.6 Å². The SMILES string of the molecule is CC(C)(Oc1ccc(Cl)cc1Cl)C(=O)N[C@H]1C[C@H]2CC[C@@H](C1)N2c1ccc(C(=O)NC2CC2)cn1. The number of halogens is 2. The highest BCUT2D eigenvalue weighted by Crippen LogP contribution is 2.39. The van der Waals surface area contributed by atoms with Crippen molar-refractivity contribution in [3.05, 3.63) is 52.1 Å². The number of hydrogen-bond acceptors (Lipinski definition) is 5. The Morgan fingerprint density at radius 3 is 2.31 bits per heavy atom. The van der Waals surface area contributed by atoms with E-state index in [0.29, 0.717) is 39.5 Å². The van der Waals surface area contributed by atoms with Gasteiger partial charge in [0.25, 0.3) is 11.8 Å². The molecule has 35 heavy (non-hydrogen) atoms. The average Bonchev–Trinajstić information content (AvgIpc) is 3.58. The molecule has 0 radical (unpaired) electrons. The fourth-order valence-corrected chi connectivity index (χ4v) is 5.52. The Morgan fingerprint density at radius 1 is 1.00 bits per heavy atom. The van der Waals surface area contributed by atoms with Crippen LogP contribution in [0.2, 0.25) is 10.0 Å². The van der Waals surface area contributed by atoms with Crippen LogP contribution in [0, 0.1) is 0 Å². The molecule has 5 rings (SSSR count). The number of carbonyl (C=O) groups is 2. The molecular weight excluding hydrogens is 487 g/mol. The smallest absolute Gasteiger partial charge is 0.263 e. The Kier molecular flexibility index (Phi) is 6.57. The molecule has 1 aromatic carbocycles. The van der Waals surface area contributed by atoms with Crippen LogP contribution in [0.3, 0.4) is 0 Å². The molecular formula is C26H30Cl2N4O3. The van der Waals surface area contributed by atoms with Gasteiger partial charge in [-0.05, 0) is 82.7 Å². The van der Waals surface area contributed by atoms with Gasteiger partial charge in [-0.15, -0.1) is 0 Å². The molecule has 3 atom stereocenters. The number of nitrogens with one attached hydrogen (secondary N) is 2. The van der Waals surface area contributed by atoms with Crippen LogP contribution < -0.4 is 20.3 Å². The maximum Gasteiger partial charge on any atom is 0.263 e. The highest BCUT2D eigenvalue weighted by Gasteiger charge is 2.43. The molecule has 3 fully saturated rings. The van der Waals surface area contributed by atoms with Crippen molar-refractivity contribution in [1.82, 2.24) is 15.6 Å². The number of anilines is 1. The molecule has 186 valence electrons. The lowest BCUT2D eigenvalue weighted by Crippen LogP contribution is -2.55. The third-order valence-corrected chi connectivity index (χ3v) is 7.59. The van der Waals surface area contributed by atoms with E-state index in [2.05, 4.69) is 20.5 Å².